The molecule has 4 unspecified atom stereocenters. The first-order valence-corrected chi connectivity index (χ1v) is 27.5. The lowest BCUT2D eigenvalue weighted by Crippen LogP contribution is -2.46. The third-order valence-electron chi connectivity index (χ3n) is 11.8. The van der Waals surface area contributed by atoms with Gasteiger partial charge in [0.05, 0.1) is 37.9 Å². The average Bonchev–Trinajstić information content (AvgIpc) is 3.24. The second-order valence-electron chi connectivity index (χ2n) is 17.9. The smallest absolute Gasteiger partial charge is 0.393 e. The number of aliphatic hydroxyl groups is 2. The first-order chi connectivity index (χ1) is 29.8. The van der Waals surface area contributed by atoms with Crippen molar-refractivity contribution >= 4 is 13.7 Å². The Morgan fingerprint density at radius 3 is 1.31 bits per heavy atom. The van der Waals surface area contributed by atoms with Crippen molar-refractivity contribution < 1.29 is 33.5 Å². The molecule has 0 heterocycles. The Bertz CT molecular complexity index is 1030. The number of allylic oxidation sites excluding steroid dienone is 3. The van der Waals surface area contributed by atoms with Crippen LogP contribution in [0.25, 0.3) is 0 Å². The van der Waals surface area contributed by atoms with Crippen molar-refractivity contribution in [2.24, 2.45) is 5.73 Å². The minimum atomic E-state index is -4.41. The number of hydrogen-bond acceptors (Lipinski definition) is 7. The Morgan fingerprint density at radius 1 is 0.557 bits per heavy atom. The van der Waals surface area contributed by atoms with Crippen LogP contribution < -0.4 is 11.1 Å². The molecule has 61 heavy (non-hydrogen) atoms. The molecule has 0 aliphatic heterocycles. The van der Waals surface area contributed by atoms with Crippen molar-refractivity contribution in [3.05, 3.63) is 24.3 Å². The number of phosphoric acid groups is 1. The normalized spacial score (nSPS) is 14.5. The van der Waals surface area contributed by atoms with E-state index >= 15 is 0 Å². The summed E-state index contributed by atoms with van der Waals surface area (Å²) in [5, 5.41) is 24.2. The number of nitrogens with one attached hydrogen (secondary N) is 1. The van der Waals surface area contributed by atoms with Crippen LogP contribution >= 0.6 is 7.82 Å². The Balaban J connectivity index is 4.20. The maximum absolute atomic E-state index is 12.9. The predicted octanol–water partition coefficient (Wildman–Crippen LogP) is 14.3. The monoisotopic (exact) mass is 885 g/mol. The van der Waals surface area contributed by atoms with Crippen molar-refractivity contribution in [3.8, 4) is 0 Å². The van der Waals surface area contributed by atoms with E-state index in [9.17, 15) is 24.5 Å². The average molecular weight is 885 g/mol. The van der Waals surface area contributed by atoms with Crippen LogP contribution in [0.1, 0.15) is 258 Å². The number of amides is 1. The Hall–Kier alpha value is -1.06. The number of aliphatic hydroxyl groups excluding tert-OH is 2. The molecule has 0 aromatic carbocycles. The molecule has 9 nitrogen and oxygen atoms in total. The molecule has 0 aliphatic carbocycles. The van der Waals surface area contributed by atoms with Crippen LogP contribution in [0.4, 0.5) is 0 Å². The van der Waals surface area contributed by atoms with E-state index in [0.29, 0.717) is 6.42 Å². The molecular weight excluding hydrogens is 784 g/mol. The largest absolute Gasteiger partial charge is 0.472 e. The highest BCUT2D eigenvalue weighted by Gasteiger charge is 2.27. The fraction of sp³-hybridized carbons (Fsp3) is 0.902. The highest BCUT2D eigenvalue weighted by molar-refractivity contribution is 7.47. The van der Waals surface area contributed by atoms with Gasteiger partial charge in [-0.3, -0.25) is 13.8 Å². The molecule has 0 aromatic rings. The van der Waals surface area contributed by atoms with Crippen LogP contribution in [0.5, 0.6) is 0 Å². The van der Waals surface area contributed by atoms with E-state index < -0.39 is 38.6 Å². The van der Waals surface area contributed by atoms with Crippen LogP contribution in [-0.2, 0) is 18.4 Å². The highest BCUT2D eigenvalue weighted by atomic mass is 31.2. The summed E-state index contributed by atoms with van der Waals surface area (Å²) in [4.78, 5) is 22.9. The van der Waals surface area contributed by atoms with Crippen LogP contribution in [0, 0.1) is 0 Å². The zero-order valence-corrected chi connectivity index (χ0v) is 40.9. The summed E-state index contributed by atoms with van der Waals surface area (Å²) in [6, 6.07) is -0.984. The third kappa shape index (κ3) is 45.3. The zero-order chi connectivity index (χ0) is 44.8. The van der Waals surface area contributed by atoms with Gasteiger partial charge < -0.3 is 26.2 Å². The number of phosphoric ester groups is 1. The first-order valence-electron chi connectivity index (χ1n) is 26.0. The highest BCUT2D eigenvalue weighted by Crippen LogP contribution is 2.43. The van der Waals surface area contributed by atoms with Gasteiger partial charge in [-0.1, -0.05) is 231 Å². The summed E-state index contributed by atoms with van der Waals surface area (Å²) in [6.07, 6.45) is 52.7. The summed E-state index contributed by atoms with van der Waals surface area (Å²) in [6.45, 7) is 4.01. The summed E-state index contributed by atoms with van der Waals surface area (Å²) in [5.41, 5.74) is 5.38. The molecule has 0 fully saturated rings. The predicted molar refractivity (Wildman–Crippen MR) is 260 cm³/mol. The lowest BCUT2D eigenvalue weighted by atomic mass is 10.0. The number of unbranched alkanes of at least 4 members (excludes halogenated alkanes) is 33. The second kappa shape index (κ2) is 46.9. The van der Waals surface area contributed by atoms with Gasteiger partial charge in [-0.15, -0.1) is 0 Å². The van der Waals surface area contributed by atoms with E-state index in [1.165, 1.54) is 180 Å². The SMILES string of the molecule is CCCCCCCCCCCC/C=C\CCCCCCCC(O)CC(=O)NC(COP(=O)(O)OCCN)C(O)/C=C/CCCCCCCCCCCCCCCCCCCC. The molecule has 1 amide bonds. The van der Waals surface area contributed by atoms with E-state index in [2.05, 4.69) is 31.3 Å². The molecule has 362 valence electrons. The van der Waals surface area contributed by atoms with Crippen LogP contribution in [0.2, 0.25) is 0 Å². The lowest BCUT2D eigenvalue weighted by molar-refractivity contribution is -0.124. The standard InChI is InChI=1S/C51H101N2O7P/c1-3-5-7-9-11-13-15-17-19-21-23-25-27-29-31-33-35-37-39-41-43-50(55)49(47-60-61(57,58)59-45-44-52)53-51(56)46-48(54)42-40-38-36-34-32-30-28-26-24-22-20-18-16-14-12-10-8-6-4-2/h26,28,41,43,48-50,54-55H,3-25,27,29-40,42,44-47,52H2,1-2H3,(H,53,56)(H,57,58)/b28-26-,43-41+. The van der Waals surface area contributed by atoms with Gasteiger partial charge >= 0.3 is 7.82 Å². The molecule has 10 heteroatoms. The molecule has 0 aliphatic rings. The van der Waals surface area contributed by atoms with Crippen LogP contribution in [0.3, 0.4) is 0 Å². The molecule has 0 saturated carbocycles. The first kappa shape index (κ1) is 59.9. The minimum absolute atomic E-state index is 0.0492. The number of carbonyl (C=O) groups excluding carboxylic acids is 1. The Kier molecular flexibility index (Phi) is 46.1. The van der Waals surface area contributed by atoms with E-state index in [-0.39, 0.29) is 19.6 Å². The molecule has 0 aromatic heterocycles. The minimum Gasteiger partial charge on any atom is -0.393 e. The van der Waals surface area contributed by atoms with Crippen molar-refractivity contribution in [2.75, 3.05) is 19.8 Å². The van der Waals surface area contributed by atoms with Crippen molar-refractivity contribution in [2.45, 2.75) is 276 Å². The van der Waals surface area contributed by atoms with E-state index in [4.69, 9.17) is 14.8 Å². The molecule has 0 spiro atoms. The second-order valence-corrected chi connectivity index (χ2v) is 19.4. The van der Waals surface area contributed by atoms with E-state index in [1.54, 1.807) is 6.08 Å². The van der Waals surface area contributed by atoms with Crippen molar-refractivity contribution in [1.82, 2.24) is 5.32 Å². The number of hydrogen-bond donors (Lipinski definition) is 5. The summed E-state index contributed by atoms with van der Waals surface area (Å²) in [7, 11) is -4.41. The molecule has 4 atom stereocenters. The van der Waals surface area contributed by atoms with Gasteiger partial charge in [-0.05, 0) is 44.9 Å². The summed E-state index contributed by atoms with van der Waals surface area (Å²) >= 11 is 0. The zero-order valence-electron chi connectivity index (χ0n) is 40.0. The third-order valence-corrected chi connectivity index (χ3v) is 12.8. The van der Waals surface area contributed by atoms with Gasteiger partial charge in [-0.25, -0.2) is 4.57 Å². The fourth-order valence-corrected chi connectivity index (χ4v) is 8.64. The lowest BCUT2D eigenvalue weighted by Gasteiger charge is -2.24. The van der Waals surface area contributed by atoms with Gasteiger partial charge in [0.1, 0.15) is 0 Å². The van der Waals surface area contributed by atoms with Gasteiger partial charge in [0.15, 0.2) is 0 Å². The topological polar surface area (TPSA) is 151 Å². The molecule has 0 bridgehead atoms. The molecule has 6 N–H and O–H groups in total. The Morgan fingerprint density at radius 2 is 0.918 bits per heavy atom. The number of nitrogens with two attached hydrogens (primary N) is 1. The van der Waals surface area contributed by atoms with Gasteiger partial charge in [0.25, 0.3) is 0 Å². The maximum atomic E-state index is 12.9. The van der Waals surface area contributed by atoms with Gasteiger partial charge in [0, 0.05) is 6.54 Å². The molecule has 0 saturated heterocycles. The van der Waals surface area contributed by atoms with Crippen molar-refractivity contribution in [1.29, 1.82) is 0 Å². The molecule has 0 rings (SSSR count). The van der Waals surface area contributed by atoms with E-state index in [0.717, 1.165) is 51.4 Å². The van der Waals surface area contributed by atoms with Crippen LogP contribution in [-0.4, -0.2) is 59.0 Å². The maximum Gasteiger partial charge on any atom is 0.472 e. The van der Waals surface area contributed by atoms with Gasteiger partial charge in [-0.2, -0.15) is 0 Å². The molecule has 0 radical (unpaired) electrons. The summed E-state index contributed by atoms with van der Waals surface area (Å²) < 4.78 is 22.2. The van der Waals surface area contributed by atoms with E-state index in [1.807, 2.05) is 6.08 Å². The quantitative estimate of drug-likeness (QED) is 0.0230. The molecular formula is C51H101N2O7P. The summed E-state index contributed by atoms with van der Waals surface area (Å²) in [5.74, 6) is -0.447. The fourth-order valence-electron chi connectivity index (χ4n) is 7.88. The Labute approximate surface area is 377 Å². The van der Waals surface area contributed by atoms with Crippen molar-refractivity contribution in [3.63, 3.8) is 0 Å². The van der Waals surface area contributed by atoms with Gasteiger partial charge in [0.2, 0.25) is 5.91 Å². The number of carbonyl (C=O) groups is 1. The van der Waals surface area contributed by atoms with Crippen LogP contribution in [0.15, 0.2) is 24.3 Å². The number of rotatable bonds is 49.